The Morgan fingerprint density at radius 2 is 1.73 bits per heavy atom. The van der Waals surface area contributed by atoms with Crippen LogP contribution >= 0.6 is 0 Å². The summed E-state index contributed by atoms with van der Waals surface area (Å²) in [6.07, 6.45) is 5.28. The van der Waals surface area contributed by atoms with E-state index >= 15 is 0 Å². The van der Waals surface area contributed by atoms with Gasteiger partial charge >= 0.3 is 0 Å². The van der Waals surface area contributed by atoms with E-state index in [4.69, 9.17) is 17.2 Å². The third-order valence-corrected chi connectivity index (χ3v) is 2.38. The van der Waals surface area contributed by atoms with Gasteiger partial charge in [-0.2, -0.15) is 0 Å². The van der Waals surface area contributed by atoms with E-state index in [1.165, 1.54) is 0 Å². The predicted molar refractivity (Wildman–Crippen MR) is 61.3 cm³/mol. The van der Waals surface area contributed by atoms with Gasteiger partial charge in [0.2, 0.25) is 0 Å². The lowest BCUT2D eigenvalue weighted by atomic mass is 9.97. The monoisotopic (exact) mass is 202 g/mol. The second-order valence-corrected chi connectivity index (χ2v) is 3.61. The predicted octanol–water partition coefficient (Wildman–Crippen LogP) is 0.340. The van der Waals surface area contributed by atoms with Gasteiger partial charge in [-0.05, 0) is 29.8 Å². The molecule has 0 amide bonds. The third-order valence-electron chi connectivity index (χ3n) is 2.38. The Hall–Kier alpha value is -1.94. The molecule has 4 nitrogen and oxygen atoms in total. The van der Waals surface area contributed by atoms with Crippen molar-refractivity contribution < 1.29 is 0 Å². The van der Waals surface area contributed by atoms with Crippen molar-refractivity contribution in [1.82, 2.24) is 5.32 Å². The quantitative estimate of drug-likeness (QED) is 0.494. The van der Waals surface area contributed by atoms with Gasteiger partial charge < -0.3 is 22.5 Å². The van der Waals surface area contributed by atoms with E-state index in [2.05, 4.69) is 5.32 Å². The first-order valence-electron chi connectivity index (χ1n) is 4.68. The van der Waals surface area contributed by atoms with Crippen molar-refractivity contribution in [2.45, 2.75) is 5.66 Å². The molecule has 0 aromatic heterocycles. The molecule has 78 valence electrons. The fourth-order valence-corrected chi connectivity index (χ4v) is 1.55. The van der Waals surface area contributed by atoms with Crippen LogP contribution in [0, 0.1) is 0 Å². The molecule has 0 saturated heterocycles. The van der Waals surface area contributed by atoms with Crippen molar-refractivity contribution in [3.8, 4) is 0 Å². The van der Waals surface area contributed by atoms with Gasteiger partial charge in [-0.15, -0.1) is 0 Å². The summed E-state index contributed by atoms with van der Waals surface area (Å²) in [6.45, 7) is 0. The second-order valence-electron chi connectivity index (χ2n) is 3.61. The van der Waals surface area contributed by atoms with E-state index in [1.807, 2.05) is 24.3 Å². The lowest BCUT2D eigenvalue weighted by molar-refractivity contribution is 0.490. The first-order chi connectivity index (χ1) is 7.10. The Morgan fingerprint density at radius 3 is 2.33 bits per heavy atom. The van der Waals surface area contributed by atoms with Gasteiger partial charge in [0, 0.05) is 17.6 Å². The van der Waals surface area contributed by atoms with Crippen molar-refractivity contribution in [2.75, 3.05) is 5.73 Å². The molecule has 4 heteroatoms. The maximum absolute atomic E-state index is 6.16. The van der Waals surface area contributed by atoms with Crippen LogP contribution in [-0.4, -0.2) is 0 Å². The van der Waals surface area contributed by atoms with Crippen molar-refractivity contribution in [1.29, 1.82) is 0 Å². The normalized spacial score (nSPS) is 24.5. The van der Waals surface area contributed by atoms with Gasteiger partial charge in [0.05, 0.1) is 0 Å². The van der Waals surface area contributed by atoms with Crippen molar-refractivity contribution >= 4 is 5.69 Å². The number of benzene rings is 1. The zero-order valence-electron chi connectivity index (χ0n) is 8.27. The summed E-state index contributed by atoms with van der Waals surface area (Å²) in [7, 11) is 0. The van der Waals surface area contributed by atoms with E-state index in [0.717, 1.165) is 5.56 Å². The Bertz CT molecular complexity index is 419. The molecule has 1 atom stereocenters. The molecule has 0 radical (unpaired) electrons. The molecular weight excluding hydrogens is 188 g/mol. The Morgan fingerprint density at radius 1 is 1.07 bits per heavy atom. The maximum atomic E-state index is 6.16. The fourth-order valence-electron chi connectivity index (χ4n) is 1.55. The molecule has 0 saturated carbocycles. The van der Waals surface area contributed by atoms with Crippen molar-refractivity contribution in [3.63, 3.8) is 0 Å². The van der Waals surface area contributed by atoms with Gasteiger partial charge in [0.15, 0.2) is 0 Å². The minimum Gasteiger partial charge on any atom is -0.399 e. The van der Waals surface area contributed by atoms with Gasteiger partial charge in [-0.1, -0.05) is 12.1 Å². The fraction of sp³-hybridized carbons (Fsp3) is 0.0909. The lowest BCUT2D eigenvalue weighted by Crippen LogP contribution is -2.48. The molecule has 1 unspecified atom stereocenters. The minimum absolute atomic E-state index is 0.646. The highest BCUT2D eigenvalue weighted by Crippen LogP contribution is 2.21. The number of rotatable bonds is 1. The summed E-state index contributed by atoms with van der Waals surface area (Å²) >= 11 is 0. The third kappa shape index (κ3) is 1.80. The van der Waals surface area contributed by atoms with Gasteiger partial charge in [0.25, 0.3) is 0 Å². The summed E-state index contributed by atoms with van der Waals surface area (Å²) in [5.74, 6) is 0. The molecule has 0 spiro atoms. The molecule has 0 aliphatic carbocycles. The van der Waals surface area contributed by atoms with Crippen LogP contribution in [0.5, 0.6) is 0 Å². The molecule has 0 bridgehead atoms. The van der Waals surface area contributed by atoms with Crippen molar-refractivity contribution in [2.24, 2.45) is 11.5 Å². The Labute approximate surface area is 88.4 Å². The number of nitrogen functional groups attached to an aromatic ring is 1. The average Bonchev–Trinajstić information content (AvgIpc) is 2.18. The van der Waals surface area contributed by atoms with Gasteiger partial charge in [-0.25, -0.2) is 0 Å². The standard InChI is InChI=1S/C11H14N4/c12-9-3-1-8(2-4-9)11(14)7-10(13)5-6-15-11/h1-7,15H,12-14H2. The summed E-state index contributed by atoms with van der Waals surface area (Å²) in [5.41, 5.74) is 19.0. The molecule has 1 aromatic rings. The van der Waals surface area contributed by atoms with Crippen molar-refractivity contribution in [3.05, 3.63) is 53.9 Å². The van der Waals surface area contributed by atoms with Crippen LogP contribution in [-0.2, 0) is 5.66 Å². The Kier molecular flexibility index (Phi) is 2.13. The van der Waals surface area contributed by atoms with E-state index in [1.54, 1.807) is 18.4 Å². The number of anilines is 1. The molecule has 1 heterocycles. The maximum Gasteiger partial charge on any atom is 0.133 e. The number of nitrogens with two attached hydrogens (primary N) is 3. The highest BCUT2D eigenvalue weighted by Gasteiger charge is 2.24. The lowest BCUT2D eigenvalue weighted by Gasteiger charge is -2.30. The van der Waals surface area contributed by atoms with E-state index < -0.39 is 5.66 Å². The zero-order chi connectivity index (χ0) is 10.9. The minimum atomic E-state index is -0.744. The average molecular weight is 202 g/mol. The molecule has 2 rings (SSSR count). The number of nitrogens with one attached hydrogen (secondary N) is 1. The van der Waals surface area contributed by atoms with Crippen LogP contribution in [0.25, 0.3) is 0 Å². The largest absolute Gasteiger partial charge is 0.399 e. The number of allylic oxidation sites excluding steroid dienone is 1. The topological polar surface area (TPSA) is 90.1 Å². The number of hydrogen-bond acceptors (Lipinski definition) is 4. The van der Waals surface area contributed by atoms with Crippen LogP contribution in [0.4, 0.5) is 5.69 Å². The SMILES string of the molecule is NC1=CC(N)(c2ccc(N)cc2)NC=C1. The molecular formula is C11H14N4. The Balaban J connectivity index is 2.38. The highest BCUT2D eigenvalue weighted by molar-refractivity contribution is 5.44. The summed E-state index contributed by atoms with van der Waals surface area (Å²) in [4.78, 5) is 0. The summed E-state index contributed by atoms with van der Waals surface area (Å²) < 4.78 is 0. The molecule has 1 aliphatic heterocycles. The van der Waals surface area contributed by atoms with Crippen LogP contribution in [0.3, 0.4) is 0 Å². The molecule has 1 aromatic carbocycles. The van der Waals surface area contributed by atoms with E-state index in [0.29, 0.717) is 11.4 Å². The van der Waals surface area contributed by atoms with E-state index in [-0.39, 0.29) is 0 Å². The highest BCUT2D eigenvalue weighted by atomic mass is 15.1. The first-order valence-corrected chi connectivity index (χ1v) is 4.68. The molecule has 15 heavy (non-hydrogen) atoms. The van der Waals surface area contributed by atoms with Crippen LogP contribution in [0.2, 0.25) is 0 Å². The summed E-state index contributed by atoms with van der Waals surface area (Å²) in [6, 6.07) is 7.39. The molecule has 7 N–H and O–H groups in total. The zero-order valence-corrected chi connectivity index (χ0v) is 8.27. The molecule has 0 fully saturated rings. The number of dihydropyridines is 1. The summed E-state index contributed by atoms with van der Waals surface area (Å²) in [5, 5.41) is 3.06. The van der Waals surface area contributed by atoms with Crippen LogP contribution in [0.15, 0.2) is 48.3 Å². The second kappa shape index (κ2) is 3.33. The molecule has 1 aliphatic rings. The van der Waals surface area contributed by atoms with Gasteiger partial charge in [-0.3, -0.25) is 0 Å². The smallest absolute Gasteiger partial charge is 0.133 e. The van der Waals surface area contributed by atoms with E-state index in [9.17, 15) is 0 Å². The van der Waals surface area contributed by atoms with Crippen LogP contribution in [0.1, 0.15) is 5.56 Å². The number of hydrogen-bond donors (Lipinski definition) is 4. The first kappa shape index (κ1) is 9.61. The van der Waals surface area contributed by atoms with Crippen LogP contribution < -0.4 is 22.5 Å². The van der Waals surface area contributed by atoms with Gasteiger partial charge in [0.1, 0.15) is 5.66 Å².